The fourth-order valence-corrected chi connectivity index (χ4v) is 1.83. The number of carbonyl (C=O) groups excluding carboxylic acids is 2. The first-order valence-electron chi connectivity index (χ1n) is 5.77. The predicted octanol–water partition coefficient (Wildman–Crippen LogP) is 2.10. The van der Waals surface area contributed by atoms with Crippen LogP contribution in [0.15, 0.2) is 30.3 Å². The van der Waals surface area contributed by atoms with Crippen LogP contribution < -0.4 is 0 Å². The van der Waals surface area contributed by atoms with E-state index in [0.717, 1.165) is 5.56 Å². The first-order chi connectivity index (χ1) is 8.27. The van der Waals surface area contributed by atoms with Gasteiger partial charge in [0.25, 0.3) is 0 Å². The van der Waals surface area contributed by atoms with Gasteiger partial charge in [0.1, 0.15) is 6.61 Å². The van der Waals surface area contributed by atoms with E-state index in [2.05, 4.69) is 0 Å². The van der Waals surface area contributed by atoms with Crippen molar-refractivity contribution in [3.8, 4) is 0 Å². The zero-order valence-electron chi connectivity index (χ0n) is 9.59. The first kappa shape index (κ1) is 11.6. The molecule has 2 rings (SSSR count). The molecule has 1 aliphatic rings. The second kappa shape index (κ2) is 5.48. The van der Waals surface area contributed by atoms with E-state index in [-0.39, 0.29) is 11.9 Å². The molecule has 0 unspecified atom stereocenters. The van der Waals surface area contributed by atoms with Gasteiger partial charge in [-0.1, -0.05) is 30.3 Å². The SMILES string of the molecule is O=C(CCCN1CCOC1=O)c1ccccc1. The van der Waals surface area contributed by atoms with Crippen LogP contribution in [-0.4, -0.2) is 36.5 Å². The summed E-state index contributed by atoms with van der Waals surface area (Å²) >= 11 is 0. The zero-order valence-corrected chi connectivity index (χ0v) is 9.59. The molecule has 1 aromatic rings. The number of hydrogen-bond donors (Lipinski definition) is 0. The summed E-state index contributed by atoms with van der Waals surface area (Å²) in [7, 11) is 0. The lowest BCUT2D eigenvalue weighted by atomic mass is 10.1. The van der Waals surface area contributed by atoms with Crippen molar-refractivity contribution in [1.29, 1.82) is 0 Å². The average molecular weight is 233 g/mol. The van der Waals surface area contributed by atoms with Gasteiger partial charge in [-0.25, -0.2) is 4.79 Å². The molecule has 4 heteroatoms. The largest absolute Gasteiger partial charge is 0.448 e. The summed E-state index contributed by atoms with van der Waals surface area (Å²) in [6, 6.07) is 9.21. The minimum absolute atomic E-state index is 0.123. The Morgan fingerprint density at radius 1 is 1.29 bits per heavy atom. The Kier molecular flexibility index (Phi) is 3.75. The van der Waals surface area contributed by atoms with E-state index in [1.807, 2.05) is 30.3 Å². The number of hydrogen-bond acceptors (Lipinski definition) is 3. The third-order valence-electron chi connectivity index (χ3n) is 2.77. The maximum absolute atomic E-state index is 11.8. The van der Waals surface area contributed by atoms with E-state index in [1.54, 1.807) is 4.90 Å². The van der Waals surface area contributed by atoms with E-state index in [4.69, 9.17) is 4.74 Å². The van der Waals surface area contributed by atoms with Crippen molar-refractivity contribution in [3.63, 3.8) is 0 Å². The topological polar surface area (TPSA) is 46.6 Å². The number of benzene rings is 1. The molecule has 1 fully saturated rings. The van der Waals surface area contributed by atoms with Gasteiger partial charge in [0.15, 0.2) is 5.78 Å². The number of amides is 1. The van der Waals surface area contributed by atoms with Gasteiger partial charge in [-0.15, -0.1) is 0 Å². The van der Waals surface area contributed by atoms with Crippen molar-refractivity contribution in [2.75, 3.05) is 19.7 Å². The van der Waals surface area contributed by atoms with E-state index in [9.17, 15) is 9.59 Å². The third kappa shape index (κ3) is 3.06. The van der Waals surface area contributed by atoms with Gasteiger partial charge in [0.2, 0.25) is 0 Å². The highest BCUT2D eigenvalue weighted by atomic mass is 16.6. The van der Waals surface area contributed by atoms with Gasteiger partial charge in [-0.05, 0) is 6.42 Å². The smallest absolute Gasteiger partial charge is 0.409 e. The fraction of sp³-hybridized carbons (Fsp3) is 0.385. The Labute approximate surface area is 100 Å². The predicted molar refractivity (Wildman–Crippen MR) is 62.9 cm³/mol. The Morgan fingerprint density at radius 3 is 2.71 bits per heavy atom. The molecule has 17 heavy (non-hydrogen) atoms. The molecule has 0 aliphatic carbocycles. The lowest BCUT2D eigenvalue weighted by Crippen LogP contribution is -2.25. The number of rotatable bonds is 5. The second-order valence-electron chi connectivity index (χ2n) is 3.99. The highest BCUT2D eigenvalue weighted by Crippen LogP contribution is 2.08. The fourth-order valence-electron chi connectivity index (χ4n) is 1.83. The van der Waals surface area contributed by atoms with Crippen LogP contribution in [-0.2, 0) is 4.74 Å². The van der Waals surface area contributed by atoms with E-state index >= 15 is 0 Å². The molecule has 1 saturated heterocycles. The molecule has 1 amide bonds. The second-order valence-corrected chi connectivity index (χ2v) is 3.99. The molecule has 0 saturated carbocycles. The number of ether oxygens (including phenoxy) is 1. The zero-order chi connectivity index (χ0) is 12.1. The van der Waals surface area contributed by atoms with Crippen LogP contribution in [0.2, 0.25) is 0 Å². The summed E-state index contributed by atoms with van der Waals surface area (Å²) in [5, 5.41) is 0. The molecule has 1 heterocycles. The van der Waals surface area contributed by atoms with Gasteiger partial charge in [-0.3, -0.25) is 4.79 Å². The molecule has 0 aromatic heterocycles. The molecular formula is C13H15NO3. The third-order valence-corrected chi connectivity index (χ3v) is 2.77. The lowest BCUT2D eigenvalue weighted by Gasteiger charge is -2.11. The van der Waals surface area contributed by atoms with Crippen LogP contribution >= 0.6 is 0 Å². The van der Waals surface area contributed by atoms with Crippen molar-refractivity contribution in [1.82, 2.24) is 4.90 Å². The minimum Gasteiger partial charge on any atom is -0.448 e. The highest BCUT2D eigenvalue weighted by Gasteiger charge is 2.21. The van der Waals surface area contributed by atoms with Crippen molar-refractivity contribution < 1.29 is 14.3 Å². The molecular weight excluding hydrogens is 218 g/mol. The molecule has 0 radical (unpaired) electrons. The molecule has 0 bridgehead atoms. The monoisotopic (exact) mass is 233 g/mol. The van der Waals surface area contributed by atoms with Gasteiger partial charge in [0.05, 0.1) is 6.54 Å². The Balaban J connectivity index is 1.75. The summed E-state index contributed by atoms with van der Waals surface area (Å²) in [6.45, 7) is 1.70. The first-order valence-corrected chi connectivity index (χ1v) is 5.77. The summed E-state index contributed by atoms with van der Waals surface area (Å²) in [5.74, 6) is 0.123. The lowest BCUT2D eigenvalue weighted by molar-refractivity contribution is 0.0975. The summed E-state index contributed by atoms with van der Waals surface area (Å²) in [5.41, 5.74) is 0.733. The van der Waals surface area contributed by atoms with Crippen LogP contribution in [0.3, 0.4) is 0 Å². The van der Waals surface area contributed by atoms with Crippen molar-refractivity contribution in [3.05, 3.63) is 35.9 Å². The molecule has 0 atom stereocenters. The van der Waals surface area contributed by atoms with Crippen LogP contribution in [0.5, 0.6) is 0 Å². The van der Waals surface area contributed by atoms with Gasteiger partial charge in [0, 0.05) is 18.5 Å². The Hall–Kier alpha value is -1.84. The van der Waals surface area contributed by atoms with Gasteiger partial charge >= 0.3 is 6.09 Å². The minimum atomic E-state index is -0.267. The number of carbonyl (C=O) groups is 2. The number of Topliss-reactive ketones (excluding diaryl/α,β-unsaturated/α-hetero) is 1. The Morgan fingerprint density at radius 2 is 2.06 bits per heavy atom. The summed E-state index contributed by atoms with van der Waals surface area (Å²) in [4.78, 5) is 24.5. The standard InChI is InChI=1S/C13H15NO3/c15-12(11-5-2-1-3-6-11)7-4-8-14-9-10-17-13(14)16/h1-3,5-6H,4,7-10H2. The molecule has 0 N–H and O–H groups in total. The normalized spacial score (nSPS) is 14.8. The molecule has 0 spiro atoms. The van der Waals surface area contributed by atoms with Crippen molar-refractivity contribution in [2.45, 2.75) is 12.8 Å². The maximum atomic E-state index is 11.8. The van der Waals surface area contributed by atoms with E-state index in [1.165, 1.54) is 0 Å². The maximum Gasteiger partial charge on any atom is 0.409 e. The van der Waals surface area contributed by atoms with Crippen LogP contribution in [0.1, 0.15) is 23.2 Å². The number of cyclic esters (lactones) is 1. The number of nitrogens with zero attached hydrogens (tertiary/aromatic N) is 1. The van der Waals surface area contributed by atoms with E-state index < -0.39 is 0 Å². The molecule has 4 nitrogen and oxygen atoms in total. The van der Waals surface area contributed by atoms with Crippen molar-refractivity contribution in [2.24, 2.45) is 0 Å². The number of ketones is 1. The summed E-state index contributed by atoms with van der Waals surface area (Å²) < 4.78 is 4.81. The molecule has 90 valence electrons. The Bertz CT molecular complexity index is 402. The molecule has 1 aliphatic heterocycles. The van der Waals surface area contributed by atoms with Crippen LogP contribution in [0.25, 0.3) is 0 Å². The molecule has 1 aromatic carbocycles. The quantitative estimate of drug-likeness (QED) is 0.732. The highest BCUT2D eigenvalue weighted by molar-refractivity contribution is 5.95. The van der Waals surface area contributed by atoms with Gasteiger partial charge < -0.3 is 9.64 Å². The van der Waals surface area contributed by atoms with Gasteiger partial charge in [-0.2, -0.15) is 0 Å². The van der Waals surface area contributed by atoms with Crippen LogP contribution in [0.4, 0.5) is 4.79 Å². The summed E-state index contributed by atoms with van der Waals surface area (Å²) in [6.07, 6.45) is 0.883. The van der Waals surface area contributed by atoms with E-state index in [0.29, 0.717) is 32.5 Å². The van der Waals surface area contributed by atoms with Crippen molar-refractivity contribution >= 4 is 11.9 Å². The van der Waals surface area contributed by atoms with Crippen LogP contribution in [0, 0.1) is 0 Å². The average Bonchev–Trinajstić information content (AvgIpc) is 2.76.